The number of pyridine rings is 1. The highest BCUT2D eigenvalue weighted by Crippen LogP contribution is 2.27. The minimum Gasteiger partial charge on any atom is -0.379 e. The zero-order chi connectivity index (χ0) is 19.8. The van der Waals surface area contributed by atoms with Gasteiger partial charge in [0.25, 0.3) is 0 Å². The Labute approximate surface area is 172 Å². The third kappa shape index (κ3) is 3.55. The molecule has 4 aromatic rings. The van der Waals surface area contributed by atoms with Gasteiger partial charge in [0.1, 0.15) is 5.52 Å². The number of rotatable bonds is 4. The molecule has 0 saturated carbocycles. The number of morpholine rings is 1. The van der Waals surface area contributed by atoms with Gasteiger partial charge >= 0.3 is 5.69 Å². The Morgan fingerprint density at radius 1 is 1.03 bits per heavy atom. The van der Waals surface area contributed by atoms with E-state index in [2.05, 4.69) is 39.1 Å². The molecule has 1 aliphatic rings. The first-order valence-corrected chi connectivity index (χ1v) is 10.1. The molecule has 3 heterocycles. The van der Waals surface area contributed by atoms with Crippen LogP contribution in [0.5, 0.6) is 0 Å². The molecule has 2 aromatic carbocycles. The second-order valence-corrected chi connectivity index (χ2v) is 7.73. The van der Waals surface area contributed by atoms with Gasteiger partial charge < -0.3 is 9.72 Å². The van der Waals surface area contributed by atoms with Crippen molar-refractivity contribution in [2.75, 3.05) is 26.3 Å². The molecule has 0 unspecified atom stereocenters. The summed E-state index contributed by atoms with van der Waals surface area (Å²) in [6.45, 7) is 4.82. The van der Waals surface area contributed by atoms with E-state index >= 15 is 0 Å². The van der Waals surface area contributed by atoms with Crippen LogP contribution in [-0.4, -0.2) is 45.7 Å². The maximum Gasteiger partial charge on any atom is 0.326 e. The molecular weight excluding hydrogens is 388 g/mol. The SMILES string of the molecule is O=c1[nH]c2c(Cl)nc3ccccc3c2n1Cc1cccc(CN2CCOCC2)c1. The lowest BCUT2D eigenvalue weighted by atomic mass is 10.1. The molecule has 2 aromatic heterocycles. The van der Waals surface area contributed by atoms with Crippen molar-refractivity contribution in [3.63, 3.8) is 0 Å². The number of aromatic nitrogens is 3. The van der Waals surface area contributed by atoms with Crippen molar-refractivity contribution < 1.29 is 4.74 Å². The van der Waals surface area contributed by atoms with Crippen LogP contribution in [0.2, 0.25) is 5.15 Å². The number of nitrogens with zero attached hydrogens (tertiary/aromatic N) is 3. The molecule has 1 aliphatic heterocycles. The quantitative estimate of drug-likeness (QED) is 0.525. The molecule has 1 fully saturated rings. The summed E-state index contributed by atoms with van der Waals surface area (Å²) in [4.78, 5) is 22.4. The van der Waals surface area contributed by atoms with Crippen LogP contribution >= 0.6 is 11.6 Å². The fourth-order valence-electron chi connectivity index (χ4n) is 4.01. The van der Waals surface area contributed by atoms with Crippen molar-refractivity contribution in [2.45, 2.75) is 13.1 Å². The number of ether oxygens (including phenoxy) is 1. The normalized spacial score (nSPS) is 15.3. The van der Waals surface area contributed by atoms with Crippen LogP contribution in [0, 0.1) is 0 Å². The summed E-state index contributed by atoms with van der Waals surface area (Å²) in [5.41, 5.74) is 4.29. The summed E-state index contributed by atoms with van der Waals surface area (Å²) in [5, 5.41) is 1.23. The maximum atomic E-state index is 12.7. The number of hydrogen-bond donors (Lipinski definition) is 1. The summed E-state index contributed by atoms with van der Waals surface area (Å²) < 4.78 is 7.18. The minimum absolute atomic E-state index is 0.182. The van der Waals surface area contributed by atoms with Crippen LogP contribution in [0.15, 0.2) is 53.3 Å². The standard InChI is InChI=1S/C22H21ClN4O2/c23-21-19-20(17-6-1-2-7-18(17)24-21)27(22(28)25-19)14-16-5-3-4-15(12-16)13-26-8-10-29-11-9-26/h1-7,12H,8-11,13-14H2,(H,25,28). The molecule has 7 heteroatoms. The third-order valence-corrected chi connectivity index (χ3v) is 5.68. The number of imidazole rings is 1. The van der Waals surface area contributed by atoms with Crippen LogP contribution in [-0.2, 0) is 17.8 Å². The number of fused-ring (bicyclic) bond motifs is 3. The highest BCUT2D eigenvalue weighted by atomic mass is 35.5. The molecule has 5 rings (SSSR count). The van der Waals surface area contributed by atoms with Gasteiger partial charge in [-0.05, 0) is 17.2 Å². The first-order chi connectivity index (χ1) is 14.2. The Morgan fingerprint density at radius 2 is 1.79 bits per heavy atom. The molecule has 148 valence electrons. The largest absolute Gasteiger partial charge is 0.379 e. The number of H-pyrrole nitrogens is 1. The molecule has 0 amide bonds. The molecule has 0 spiro atoms. The summed E-state index contributed by atoms with van der Waals surface area (Å²) in [6, 6.07) is 16.2. The van der Waals surface area contributed by atoms with E-state index in [1.54, 1.807) is 4.57 Å². The van der Waals surface area contributed by atoms with Crippen LogP contribution in [0.25, 0.3) is 21.9 Å². The van der Waals surface area contributed by atoms with Crippen molar-refractivity contribution in [3.8, 4) is 0 Å². The zero-order valence-electron chi connectivity index (χ0n) is 15.9. The summed E-state index contributed by atoms with van der Waals surface area (Å²) in [6.07, 6.45) is 0. The summed E-state index contributed by atoms with van der Waals surface area (Å²) in [5.74, 6) is 0. The predicted octanol–water partition coefficient (Wildman–Crippen LogP) is 3.41. The van der Waals surface area contributed by atoms with Crippen molar-refractivity contribution in [1.82, 2.24) is 19.4 Å². The fraction of sp³-hybridized carbons (Fsp3) is 0.273. The van der Waals surface area contributed by atoms with Crippen molar-refractivity contribution >= 4 is 33.5 Å². The maximum absolute atomic E-state index is 12.7. The smallest absolute Gasteiger partial charge is 0.326 e. The molecule has 0 bridgehead atoms. The van der Waals surface area contributed by atoms with E-state index in [1.165, 1.54) is 5.56 Å². The topological polar surface area (TPSA) is 63.2 Å². The predicted molar refractivity (Wildman–Crippen MR) is 115 cm³/mol. The van der Waals surface area contributed by atoms with E-state index in [4.69, 9.17) is 16.3 Å². The van der Waals surface area contributed by atoms with Gasteiger partial charge in [0.2, 0.25) is 0 Å². The Hall–Kier alpha value is -2.67. The van der Waals surface area contributed by atoms with Gasteiger partial charge in [0.15, 0.2) is 5.15 Å². The number of nitrogens with one attached hydrogen (secondary N) is 1. The number of halogens is 1. The molecule has 0 aliphatic carbocycles. The zero-order valence-corrected chi connectivity index (χ0v) is 16.7. The molecule has 0 atom stereocenters. The van der Waals surface area contributed by atoms with Crippen molar-refractivity contribution in [1.29, 1.82) is 0 Å². The van der Waals surface area contributed by atoms with Gasteiger partial charge in [-0.1, -0.05) is 54.1 Å². The number of aromatic amines is 1. The van der Waals surface area contributed by atoms with E-state index in [0.29, 0.717) is 17.2 Å². The van der Waals surface area contributed by atoms with Crippen molar-refractivity contribution in [2.24, 2.45) is 0 Å². The fourth-order valence-corrected chi connectivity index (χ4v) is 4.24. The summed E-state index contributed by atoms with van der Waals surface area (Å²) >= 11 is 6.35. The molecule has 6 nitrogen and oxygen atoms in total. The second-order valence-electron chi connectivity index (χ2n) is 7.37. The lowest BCUT2D eigenvalue weighted by Crippen LogP contribution is -2.35. The van der Waals surface area contributed by atoms with Gasteiger partial charge in [0, 0.05) is 25.0 Å². The monoisotopic (exact) mass is 408 g/mol. The van der Waals surface area contributed by atoms with Crippen LogP contribution < -0.4 is 5.69 Å². The van der Waals surface area contributed by atoms with Crippen LogP contribution in [0.3, 0.4) is 0 Å². The molecular formula is C22H21ClN4O2. The summed E-state index contributed by atoms with van der Waals surface area (Å²) in [7, 11) is 0. The lowest BCUT2D eigenvalue weighted by molar-refractivity contribution is 0.0342. The highest BCUT2D eigenvalue weighted by Gasteiger charge is 2.16. The lowest BCUT2D eigenvalue weighted by Gasteiger charge is -2.26. The molecule has 1 saturated heterocycles. The molecule has 0 radical (unpaired) electrons. The van der Waals surface area contributed by atoms with E-state index in [1.807, 2.05) is 24.3 Å². The first kappa shape index (κ1) is 18.4. The Kier molecular flexibility index (Phi) is 4.83. The minimum atomic E-state index is -0.182. The highest BCUT2D eigenvalue weighted by molar-refractivity contribution is 6.35. The molecule has 29 heavy (non-hydrogen) atoms. The van der Waals surface area contributed by atoms with E-state index < -0.39 is 0 Å². The average Bonchev–Trinajstić information content (AvgIpc) is 3.06. The Morgan fingerprint density at radius 3 is 2.62 bits per heavy atom. The van der Waals surface area contributed by atoms with E-state index in [9.17, 15) is 4.79 Å². The second kappa shape index (κ2) is 7.63. The third-order valence-electron chi connectivity index (χ3n) is 5.41. The van der Waals surface area contributed by atoms with Gasteiger partial charge in [-0.3, -0.25) is 9.47 Å². The Bertz CT molecular complexity index is 1240. The van der Waals surface area contributed by atoms with Crippen LogP contribution in [0.4, 0.5) is 0 Å². The van der Waals surface area contributed by atoms with Gasteiger partial charge in [-0.15, -0.1) is 0 Å². The number of hydrogen-bond acceptors (Lipinski definition) is 4. The van der Waals surface area contributed by atoms with Gasteiger partial charge in [-0.25, -0.2) is 9.78 Å². The number of para-hydroxylation sites is 1. The van der Waals surface area contributed by atoms with Crippen molar-refractivity contribution in [3.05, 3.63) is 75.3 Å². The van der Waals surface area contributed by atoms with E-state index in [-0.39, 0.29) is 5.69 Å². The van der Waals surface area contributed by atoms with Crippen LogP contribution in [0.1, 0.15) is 11.1 Å². The average molecular weight is 409 g/mol. The van der Waals surface area contributed by atoms with Gasteiger partial charge in [0.05, 0.1) is 30.8 Å². The van der Waals surface area contributed by atoms with Gasteiger partial charge in [-0.2, -0.15) is 0 Å². The number of benzene rings is 2. The molecule has 1 N–H and O–H groups in total. The van der Waals surface area contributed by atoms with E-state index in [0.717, 1.165) is 54.8 Å². The first-order valence-electron chi connectivity index (χ1n) is 9.74. The Balaban J connectivity index is 1.53.